The van der Waals surface area contributed by atoms with Crippen molar-refractivity contribution in [3.63, 3.8) is 0 Å². The van der Waals surface area contributed by atoms with Crippen molar-refractivity contribution in [2.24, 2.45) is 5.92 Å². The Morgan fingerprint density at radius 3 is 2.78 bits per heavy atom. The molecule has 6 heteroatoms. The molecule has 1 aliphatic heterocycles. The third kappa shape index (κ3) is 8.70. The SMILES string of the molecule is C=C(C)C(=O)OCCCNC(=O)CCCC(CC)C1CCSS1. The Labute approximate surface area is 148 Å². The number of carbonyl (C=O) groups is 2. The van der Waals surface area contributed by atoms with Crippen LogP contribution in [0.1, 0.15) is 52.4 Å². The molecule has 0 aromatic rings. The number of carbonyl (C=O) groups excluding carboxylic acids is 2. The van der Waals surface area contributed by atoms with E-state index in [0.29, 0.717) is 31.6 Å². The third-order valence-corrected chi connectivity index (χ3v) is 6.99. The molecule has 23 heavy (non-hydrogen) atoms. The van der Waals surface area contributed by atoms with Crippen LogP contribution in [0.2, 0.25) is 0 Å². The summed E-state index contributed by atoms with van der Waals surface area (Å²) in [5, 5.41) is 3.66. The Hall–Kier alpha value is -0.620. The lowest BCUT2D eigenvalue weighted by Gasteiger charge is -2.20. The van der Waals surface area contributed by atoms with Gasteiger partial charge in [-0.05, 0) is 38.5 Å². The number of hydrogen-bond donors (Lipinski definition) is 1. The van der Waals surface area contributed by atoms with Crippen LogP contribution in [0.4, 0.5) is 0 Å². The smallest absolute Gasteiger partial charge is 0.333 e. The van der Waals surface area contributed by atoms with Crippen LogP contribution >= 0.6 is 21.6 Å². The van der Waals surface area contributed by atoms with Crippen molar-refractivity contribution in [2.45, 2.75) is 57.6 Å². The molecule has 0 bridgehead atoms. The zero-order chi connectivity index (χ0) is 17.1. The first-order valence-electron chi connectivity index (χ1n) is 8.42. The summed E-state index contributed by atoms with van der Waals surface area (Å²) in [7, 11) is 4.01. The molecule has 1 rings (SSSR count). The largest absolute Gasteiger partial charge is 0.462 e. The molecule has 0 aromatic carbocycles. The normalized spacial score (nSPS) is 18.4. The lowest BCUT2D eigenvalue weighted by Crippen LogP contribution is -2.25. The minimum atomic E-state index is -0.370. The van der Waals surface area contributed by atoms with E-state index in [9.17, 15) is 9.59 Å². The molecular weight excluding hydrogens is 330 g/mol. The van der Waals surface area contributed by atoms with Gasteiger partial charge in [-0.25, -0.2) is 4.79 Å². The zero-order valence-corrected chi connectivity index (χ0v) is 15.9. The molecule has 0 radical (unpaired) electrons. The molecule has 1 N–H and O–H groups in total. The van der Waals surface area contributed by atoms with Crippen molar-refractivity contribution < 1.29 is 14.3 Å². The first-order chi connectivity index (χ1) is 11.0. The fourth-order valence-electron chi connectivity index (χ4n) is 2.52. The molecule has 0 spiro atoms. The second-order valence-corrected chi connectivity index (χ2v) is 8.65. The van der Waals surface area contributed by atoms with E-state index in [2.05, 4.69) is 18.8 Å². The molecular formula is C17H29NO3S2. The van der Waals surface area contributed by atoms with Gasteiger partial charge in [0.15, 0.2) is 0 Å². The minimum Gasteiger partial charge on any atom is -0.462 e. The van der Waals surface area contributed by atoms with Gasteiger partial charge in [0.25, 0.3) is 0 Å². The Kier molecular flexibility index (Phi) is 10.5. The second-order valence-electron chi connectivity index (χ2n) is 5.93. The van der Waals surface area contributed by atoms with Crippen molar-refractivity contribution in [2.75, 3.05) is 18.9 Å². The zero-order valence-electron chi connectivity index (χ0n) is 14.3. The number of hydrogen-bond acceptors (Lipinski definition) is 5. The predicted molar refractivity (Wildman–Crippen MR) is 99.5 cm³/mol. The molecule has 132 valence electrons. The molecule has 0 saturated carbocycles. The molecule has 0 aromatic heterocycles. The van der Waals surface area contributed by atoms with E-state index in [1.165, 1.54) is 18.6 Å². The summed E-state index contributed by atoms with van der Waals surface area (Å²) in [6.45, 7) is 8.26. The van der Waals surface area contributed by atoms with Crippen LogP contribution in [0.25, 0.3) is 0 Å². The van der Waals surface area contributed by atoms with Gasteiger partial charge in [0, 0.05) is 29.5 Å². The summed E-state index contributed by atoms with van der Waals surface area (Å²) in [6.07, 6.45) is 5.83. The van der Waals surface area contributed by atoms with E-state index in [4.69, 9.17) is 4.74 Å². The maximum absolute atomic E-state index is 11.8. The van der Waals surface area contributed by atoms with Gasteiger partial charge < -0.3 is 10.1 Å². The van der Waals surface area contributed by atoms with Crippen LogP contribution in [0.15, 0.2) is 12.2 Å². The highest BCUT2D eigenvalue weighted by atomic mass is 33.1. The summed E-state index contributed by atoms with van der Waals surface area (Å²) < 4.78 is 4.98. The maximum Gasteiger partial charge on any atom is 0.333 e. The van der Waals surface area contributed by atoms with Crippen molar-refractivity contribution in [3.8, 4) is 0 Å². The molecule has 1 amide bonds. The quantitative estimate of drug-likeness (QED) is 0.262. The molecule has 1 saturated heterocycles. The number of rotatable bonds is 11. The number of nitrogens with one attached hydrogen (secondary N) is 1. The topological polar surface area (TPSA) is 55.4 Å². The molecule has 2 unspecified atom stereocenters. The van der Waals surface area contributed by atoms with Gasteiger partial charge in [0.1, 0.15) is 0 Å². The molecule has 1 fully saturated rings. The van der Waals surface area contributed by atoms with Crippen LogP contribution in [-0.2, 0) is 14.3 Å². The average Bonchev–Trinajstić information content (AvgIpc) is 3.05. The maximum atomic E-state index is 11.8. The summed E-state index contributed by atoms with van der Waals surface area (Å²) in [4.78, 5) is 23.0. The Balaban J connectivity index is 2.03. The molecule has 4 nitrogen and oxygen atoms in total. The van der Waals surface area contributed by atoms with Gasteiger partial charge in [-0.1, -0.05) is 41.5 Å². The standard InChI is InChI=1S/C17H29NO3S2/c1-4-14(15-9-12-22-23-15)7-5-8-16(19)18-10-6-11-21-17(20)13(2)3/h14-15H,2,4-12H2,1,3H3,(H,18,19). The summed E-state index contributed by atoms with van der Waals surface area (Å²) >= 11 is 0. The highest BCUT2D eigenvalue weighted by molar-refractivity contribution is 8.77. The predicted octanol–water partition coefficient (Wildman–Crippen LogP) is 3.96. The van der Waals surface area contributed by atoms with Crippen LogP contribution < -0.4 is 5.32 Å². The van der Waals surface area contributed by atoms with Crippen molar-refractivity contribution in [1.29, 1.82) is 0 Å². The Morgan fingerprint density at radius 1 is 1.39 bits per heavy atom. The van der Waals surface area contributed by atoms with E-state index in [0.717, 1.165) is 24.0 Å². The highest BCUT2D eigenvalue weighted by Gasteiger charge is 2.24. The first-order valence-corrected chi connectivity index (χ1v) is 10.8. The molecule has 0 aliphatic carbocycles. The first kappa shape index (κ1) is 20.4. The van der Waals surface area contributed by atoms with Crippen LogP contribution in [0.3, 0.4) is 0 Å². The lowest BCUT2D eigenvalue weighted by molar-refractivity contribution is -0.138. The fraction of sp³-hybridized carbons (Fsp3) is 0.765. The number of esters is 1. The molecule has 1 aliphatic rings. The van der Waals surface area contributed by atoms with Crippen LogP contribution in [0, 0.1) is 5.92 Å². The fourth-order valence-corrected chi connectivity index (χ4v) is 5.85. The molecule has 1 heterocycles. The van der Waals surface area contributed by atoms with Gasteiger partial charge in [-0.15, -0.1) is 0 Å². The van der Waals surface area contributed by atoms with Gasteiger partial charge in [-0.2, -0.15) is 0 Å². The van der Waals surface area contributed by atoms with Gasteiger partial charge >= 0.3 is 5.97 Å². The van der Waals surface area contributed by atoms with E-state index >= 15 is 0 Å². The average molecular weight is 360 g/mol. The lowest BCUT2D eigenvalue weighted by atomic mass is 9.94. The Bertz CT molecular complexity index is 395. The second kappa shape index (κ2) is 11.8. The summed E-state index contributed by atoms with van der Waals surface area (Å²) in [5.41, 5.74) is 0.401. The Morgan fingerprint density at radius 2 is 2.17 bits per heavy atom. The van der Waals surface area contributed by atoms with Crippen molar-refractivity contribution in [1.82, 2.24) is 5.32 Å². The number of amides is 1. The van der Waals surface area contributed by atoms with Gasteiger partial charge in [-0.3, -0.25) is 4.79 Å². The van der Waals surface area contributed by atoms with Crippen molar-refractivity contribution >= 4 is 33.5 Å². The van der Waals surface area contributed by atoms with E-state index < -0.39 is 0 Å². The van der Waals surface area contributed by atoms with Gasteiger partial charge in [0.05, 0.1) is 6.61 Å². The monoisotopic (exact) mass is 359 g/mol. The third-order valence-electron chi connectivity index (χ3n) is 3.93. The van der Waals surface area contributed by atoms with Gasteiger partial charge in [0.2, 0.25) is 5.91 Å². The van der Waals surface area contributed by atoms with Crippen LogP contribution in [-0.4, -0.2) is 36.0 Å². The summed E-state index contributed by atoms with van der Waals surface area (Å²) in [5.74, 6) is 1.73. The number of ether oxygens (including phenoxy) is 1. The summed E-state index contributed by atoms with van der Waals surface area (Å²) in [6, 6.07) is 0. The molecule has 2 atom stereocenters. The van der Waals surface area contributed by atoms with E-state index in [1.807, 2.05) is 21.6 Å². The minimum absolute atomic E-state index is 0.0968. The van der Waals surface area contributed by atoms with Crippen LogP contribution in [0.5, 0.6) is 0 Å². The van der Waals surface area contributed by atoms with E-state index in [-0.39, 0.29) is 11.9 Å². The highest BCUT2D eigenvalue weighted by Crippen LogP contribution is 2.43. The van der Waals surface area contributed by atoms with Crippen molar-refractivity contribution in [3.05, 3.63) is 12.2 Å². The van der Waals surface area contributed by atoms with E-state index in [1.54, 1.807) is 6.92 Å².